The molecule has 0 aromatic heterocycles. The molecule has 2 atom stereocenters. The molecule has 1 fully saturated rings. The second-order valence-electron chi connectivity index (χ2n) is 5.98. The highest BCUT2D eigenvalue weighted by Crippen LogP contribution is 2.46. The maximum absolute atomic E-state index is 12.9. The summed E-state index contributed by atoms with van der Waals surface area (Å²) in [6.07, 6.45) is -1.05. The van der Waals surface area contributed by atoms with E-state index < -0.39 is 35.0 Å². The highest BCUT2D eigenvalue weighted by molar-refractivity contribution is 8.39. The molecule has 3 aliphatic rings. The van der Waals surface area contributed by atoms with Crippen LogP contribution in [0.2, 0.25) is 0 Å². The standard InChI is InChI=1S/C15H18N4O7S3/c1-25-15(18-8(20)6-29-14-17-2-3-27-14)11(23)19-9(10(21)22)7(4-26-13(16)24)5-28-12(15)19/h12H,2-6H2,1H3,(H2,16,24)(H,18,20)(H,21,22)/t12-,15-/m0/s1. The lowest BCUT2D eigenvalue weighted by molar-refractivity contribution is -0.192. The number of rotatable bonds is 7. The number of nitrogens with one attached hydrogen (secondary N) is 1. The number of carboxylic acids is 1. The van der Waals surface area contributed by atoms with Gasteiger partial charge in [0, 0.05) is 24.2 Å². The number of aliphatic carboxylic acids is 1. The first-order valence-corrected chi connectivity index (χ1v) is 11.3. The molecule has 158 valence electrons. The smallest absolute Gasteiger partial charge is 0.404 e. The van der Waals surface area contributed by atoms with Crippen molar-refractivity contribution >= 4 is 63.5 Å². The molecule has 4 N–H and O–H groups in total. The molecule has 0 aromatic rings. The van der Waals surface area contributed by atoms with Crippen molar-refractivity contribution in [1.82, 2.24) is 10.2 Å². The third-order valence-corrected chi connectivity index (χ3v) is 7.86. The second kappa shape index (κ2) is 8.85. The van der Waals surface area contributed by atoms with Gasteiger partial charge in [-0.1, -0.05) is 23.5 Å². The first-order chi connectivity index (χ1) is 13.8. The van der Waals surface area contributed by atoms with Gasteiger partial charge in [-0.2, -0.15) is 0 Å². The molecule has 3 amide bonds. The maximum Gasteiger partial charge on any atom is 0.404 e. The van der Waals surface area contributed by atoms with Crippen LogP contribution in [0.15, 0.2) is 16.3 Å². The summed E-state index contributed by atoms with van der Waals surface area (Å²) in [5.74, 6) is -1.39. The predicted molar refractivity (Wildman–Crippen MR) is 108 cm³/mol. The molecule has 11 nitrogen and oxygen atoms in total. The number of thioether (sulfide) groups is 3. The number of carbonyl (C=O) groups excluding carboxylic acids is 3. The highest BCUT2D eigenvalue weighted by atomic mass is 32.2. The van der Waals surface area contributed by atoms with Crippen molar-refractivity contribution < 1.29 is 33.8 Å². The van der Waals surface area contributed by atoms with Crippen molar-refractivity contribution in [2.24, 2.45) is 10.7 Å². The fourth-order valence-electron chi connectivity index (χ4n) is 2.99. The minimum absolute atomic E-state index is 0.0565. The van der Waals surface area contributed by atoms with Crippen molar-refractivity contribution in [3.05, 3.63) is 11.3 Å². The van der Waals surface area contributed by atoms with Crippen LogP contribution in [0.5, 0.6) is 0 Å². The number of amides is 3. The molecule has 3 aliphatic heterocycles. The molecular formula is C15H18N4O7S3. The van der Waals surface area contributed by atoms with Crippen LogP contribution in [0.4, 0.5) is 4.79 Å². The van der Waals surface area contributed by atoms with E-state index in [2.05, 4.69) is 15.0 Å². The van der Waals surface area contributed by atoms with E-state index in [4.69, 9.17) is 10.5 Å². The van der Waals surface area contributed by atoms with Crippen molar-refractivity contribution in [3.63, 3.8) is 0 Å². The average molecular weight is 463 g/mol. The van der Waals surface area contributed by atoms with Crippen molar-refractivity contribution in [3.8, 4) is 0 Å². The normalized spacial score (nSPS) is 25.8. The number of β-lactam (4-membered cyclic amide) rings is 1. The SMILES string of the molecule is CO[C@@]1(NC(=O)CSC2=NCCS2)C(=O)N2C(C(=O)O)=C(COC(N)=O)CS[C@H]21. The van der Waals surface area contributed by atoms with E-state index in [0.717, 1.165) is 21.6 Å². The van der Waals surface area contributed by atoms with E-state index in [-0.39, 0.29) is 29.4 Å². The monoisotopic (exact) mass is 462 g/mol. The summed E-state index contributed by atoms with van der Waals surface area (Å²) in [6.45, 7) is 0.373. The average Bonchev–Trinajstić information content (AvgIpc) is 3.21. The minimum Gasteiger partial charge on any atom is -0.477 e. The van der Waals surface area contributed by atoms with Crippen LogP contribution < -0.4 is 11.1 Å². The third-order valence-electron chi connectivity index (χ3n) is 4.23. The fourth-order valence-corrected chi connectivity index (χ4v) is 6.22. The molecule has 0 aromatic carbocycles. The van der Waals surface area contributed by atoms with Crippen LogP contribution in [0.25, 0.3) is 0 Å². The van der Waals surface area contributed by atoms with E-state index in [1.807, 2.05) is 0 Å². The maximum atomic E-state index is 12.9. The van der Waals surface area contributed by atoms with Crippen molar-refractivity contribution in [2.75, 3.05) is 37.5 Å². The van der Waals surface area contributed by atoms with Crippen molar-refractivity contribution in [2.45, 2.75) is 11.1 Å². The summed E-state index contributed by atoms with van der Waals surface area (Å²) in [5, 5.41) is 11.4. The Balaban J connectivity index is 1.73. The number of hydrogen-bond donors (Lipinski definition) is 3. The number of carboxylic acid groups (broad SMARTS) is 1. The lowest BCUT2D eigenvalue weighted by Crippen LogP contribution is -2.80. The van der Waals surface area contributed by atoms with Crippen LogP contribution >= 0.6 is 35.3 Å². The largest absolute Gasteiger partial charge is 0.477 e. The van der Waals surface area contributed by atoms with E-state index in [9.17, 15) is 24.3 Å². The van der Waals surface area contributed by atoms with Gasteiger partial charge in [-0.3, -0.25) is 19.5 Å². The van der Waals surface area contributed by atoms with Gasteiger partial charge in [0.05, 0.1) is 12.3 Å². The summed E-state index contributed by atoms with van der Waals surface area (Å²) in [6, 6.07) is 0. The number of carbonyl (C=O) groups is 4. The lowest BCUT2D eigenvalue weighted by Gasteiger charge is -2.55. The summed E-state index contributed by atoms with van der Waals surface area (Å²) in [5.41, 5.74) is 3.20. The third kappa shape index (κ3) is 4.20. The zero-order valence-electron chi connectivity index (χ0n) is 15.2. The fraction of sp³-hybridized carbons (Fsp3) is 0.533. The van der Waals surface area contributed by atoms with Gasteiger partial charge in [0.1, 0.15) is 22.1 Å². The Hall–Kier alpha value is -1.90. The van der Waals surface area contributed by atoms with Gasteiger partial charge in [-0.05, 0) is 0 Å². The first-order valence-electron chi connectivity index (χ1n) is 8.29. The number of ether oxygens (including phenoxy) is 2. The highest BCUT2D eigenvalue weighted by Gasteiger charge is 2.66. The minimum atomic E-state index is -1.66. The number of nitrogens with zero attached hydrogens (tertiary/aromatic N) is 2. The molecule has 0 aliphatic carbocycles. The molecule has 0 saturated carbocycles. The van der Waals surface area contributed by atoms with Crippen LogP contribution in [0.1, 0.15) is 0 Å². The molecule has 0 bridgehead atoms. The Kier molecular flexibility index (Phi) is 6.65. The van der Waals surface area contributed by atoms with Crippen molar-refractivity contribution in [1.29, 1.82) is 0 Å². The molecular weight excluding hydrogens is 444 g/mol. The Bertz CT molecular complexity index is 818. The Labute approximate surface area is 178 Å². The van der Waals surface area contributed by atoms with Crippen LogP contribution in [0.3, 0.4) is 0 Å². The Morgan fingerprint density at radius 3 is 2.83 bits per heavy atom. The van der Waals surface area contributed by atoms with E-state index >= 15 is 0 Å². The van der Waals surface area contributed by atoms with E-state index in [1.54, 1.807) is 11.8 Å². The van der Waals surface area contributed by atoms with Gasteiger partial charge in [0.2, 0.25) is 5.91 Å². The summed E-state index contributed by atoms with van der Waals surface area (Å²) in [7, 11) is 1.27. The quantitative estimate of drug-likeness (QED) is 0.336. The zero-order valence-corrected chi connectivity index (χ0v) is 17.7. The van der Waals surface area contributed by atoms with Gasteiger partial charge in [0.15, 0.2) is 0 Å². The Morgan fingerprint density at radius 2 is 2.24 bits per heavy atom. The first kappa shape index (κ1) is 21.8. The molecule has 0 unspecified atom stereocenters. The van der Waals surface area contributed by atoms with Gasteiger partial charge in [-0.25, -0.2) is 9.59 Å². The van der Waals surface area contributed by atoms with Gasteiger partial charge in [0.25, 0.3) is 11.6 Å². The Morgan fingerprint density at radius 1 is 1.48 bits per heavy atom. The lowest BCUT2D eigenvalue weighted by atomic mass is 9.98. The number of nitrogens with two attached hydrogens (primary N) is 1. The van der Waals surface area contributed by atoms with Crippen LogP contribution in [-0.4, -0.2) is 86.9 Å². The summed E-state index contributed by atoms with van der Waals surface area (Å²) in [4.78, 5) is 53.1. The number of primary amides is 1. The number of aliphatic imine (C=N–C) groups is 1. The molecule has 0 radical (unpaired) electrons. The van der Waals surface area contributed by atoms with Gasteiger partial charge >= 0.3 is 12.1 Å². The molecule has 1 saturated heterocycles. The van der Waals surface area contributed by atoms with E-state index in [1.165, 1.54) is 30.6 Å². The molecule has 0 spiro atoms. The molecule has 3 rings (SSSR count). The number of fused-ring (bicyclic) bond motifs is 1. The summed E-state index contributed by atoms with van der Waals surface area (Å²) < 4.78 is 10.8. The van der Waals surface area contributed by atoms with Gasteiger partial charge < -0.3 is 25.6 Å². The number of methoxy groups -OCH3 is 1. The zero-order chi connectivity index (χ0) is 21.2. The van der Waals surface area contributed by atoms with Crippen LogP contribution in [-0.2, 0) is 23.9 Å². The number of hydrogen-bond acceptors (Lipinski definition) is 10. The van der Waals surface area contributed by atoms with Crippen LogP contribution in [0, 0.1) is 0 Å². The molecule has 14 heteroatoms. The predicted octanol–water partition coefficient (Wildman–Crippen LogP) is -0.370. The topological polar surface area (TPSA) is 161 Å². The van der Waals surface area contributed by atoms with E-state index in [0.29, 0.717) is 0 Å². The summed E-state index contributed by atoms with van der Waals surface area (Å²) >= 11 is 4.03. The molecule has 29 heavy (non-hydrogen) atoms. The van der Waals surface area contributed by atoms with Gasteiger partial charge in [-0.15, -0.1) is 11.8 Å². The molecule has 3 heterocycles. The second-order valence-corrected chi connectivity index (χ2v) is 9.35.